The molecule has 0 spiro atoms. The average molecular weight is 270 g/mol. The highest BCUT2D eigenvalue weighted by Crippen LogP contribution is 2.23. The van der Waals surface area contributed by atoms with Gasteiger partial charge >= 0.3 is 0 Å². The van der Waals surface area contributed by atoms with E-state index in [1.807, 2.05) is 0 Å². The van der Waals surface area contributed by atoms with E-state index in [0.29, 0.717) is 6.10 Å². The molecule has 3 nitrogen and oxygen atoms in total. The molecule has 114 valence electrons. The van der Waals surface area contributed by atoms with Crippen LogP contribution in [0.3, 0.4) is 0 Å². The van der Waals surface area contributed by atoms with Crippen molar-refractivity contribution in [3.05, 3.63) is 0 Å². The van der Waals surface area contributed by atoms with Gasteiger partial charge in [-0.15, -0.1) is 0 Å². The second kappa shape index (κ2) is 9.73. The molecular formula is C16H34N2O. The summed E-state index contributed by atoms with van der Waals surface area (Å²) in [5, 5.41) is 3.52. The van der Waals surface area contributed by atoms with Crippen molar-refractivity contribution in [3.63, 3.8) is 0 Å². The molecule has 1 saturated heterocycles. The lowest BCUT2D eigenvalue weighted by Gasteiger charge is -2.33. The summed E-state index contributed by atoms with van der Waals surface area (Å²) in [6, 6.07) is 0. The SMILES string of the molecule is CC(C)OCCCNCCN1CCC(C(C)C)CC1. The van der Waals surface area contributed by atoms with Crippen LogP contribution in [0.25, 0.3) is 0 Å². The van der Waals surface area contributed by atoms with Crippen LogP contribution in [0.2, 0.25) is 0 Å². The van der Waals surface area contributed by atoms with Crippen molar-refractivity contribution in [2.24, 2.45) is 11.8 Å². The van der Waals surface area contributed by atoms with Crippen molar-refractivity contribution >= 4 is 0 Å². The zero-order valence-electron chi connectivity index (χ0n) is 13.5. The Morgan fingerprint density at radius 2 is 1.79 bits per heavy atom. The van der Waals surface area contributed by atoms with Crippen LogP contribution in [-0.2, 0) is 4.74 Å². The first-order valence-corrected chi connectivity index (χ1v) is 8.14. The van der Waals surface area contributed by atoms with Gasteiger partial charge in [-0.05, 0) is 64.6 Å². The van der Waals surface area contributed by atoms with E-state index in [-0.39, 0.29) is 0 Å². The van der Waals surface area contributed by atoms with Gasteiger partial charge in [-0.2, -0.15) is 0 Å². The number of hydrogen-bond donors (Lipinski definition) is 1. The Bertz CT molecular complexity index is 211. The summed E-state index contributed by atoms with van der Waals surface area (Å²) in [5.74, 6) is 1.82. The predicted octanol–water partition coefficient (Wildman–Crippen LogP) is 2.76. The number of rotatable bonds is 9. The van der Waals surface area contributed by atoms with E-state index in [9.17, 15) is 0 Å². The van der Waals surface area contributed by atoms with Gasteiger partial charge in [0.05, 0.1) is 6.10 Å². The normalized spacial score (nSPS) is 18.6. The Morgan fingerprint density at radius 3 is 2.37 bits per heavy atom. The Kier molecular flexibility index (Phi) is 8.67. The molecule has 1 fully saturated rings. The van der Waals surface area contributed by atoms with Gasteiger partial charge in [0.2, 0.25) is 0 Å². The first kappa shape index (κ1) is 16.9. The van der Waals surface area contributed by atoms with Gasteiger partial charge in [0.1, 0.15) is 0 Å². The Morgan fingerprint density at radius 1 is 1.11 bits per heavy atom. The molecule has 1 heterocycles. The molecule has 0 aromatic rings. The van der Waals surface area contributed by atoms with Crippen LogP contribution in [0.4, 0.5) is 0 Å². The van der Waals surface area contributed by atoms with E-state index in [4.69, 9.17) is 4.74 Å². The van der Waals surface area contributed by atoms with Crippen molar-refractivity contribution in [2.75, 3.05) is 39.3 Å². The van der Waals surface area contributed by atoms with E-state index in [1.165, 1.54) is 32.5 Å². The Hall–Kier alpha value is -0.120. The maximum Gasteiger partial charge on any atom is 0.0518 e. The molecule has 0 aromatic carbocycles. The lowest BCUT2D eigenvalue weighted by molar-refractivity contribution is 0.0769. The molecule has 0 aromatic heterocycles. The lowest BCUT2D eigenvalue weighted by Crippen LogP contribution is -2.39. The van der Waals surface area contributed by atoms with Gasteiger partial charge in [-0.3, -0.25) is 0 Å². The smallest absolute Gasteiger partial charge is 0.0518 e. The minimum absolute atomic E-state index is 0.363. The van der Waals surface area contributed by atoms with E-state index in [1.54, 1.807) is 0 Å². The standard InChI is InChI=1S/C16H34N2O/c1-14(2)16-6-10-18(11-7-16)12-9-17-8-5-13-19-15(3)4/h14-17H,5-13H2,1-4H3. The number of likely N-dealkylation sites (tertiary alicyclic amines) is 1. The number of nitrogens with one attached hydrogen (secondary N) is 1. The van der Waals surface area contributed by atoms with Crippen molar-refractivity contribution < 1.29 is 4.74 Å². The zero-order valence-corrected chi connectivity index (χ0v) is 13.5. The van der Waals surface area contributed by atoms with E-state index in [0.717, 1.165) is 38.0 Å². The molecular weight excluding hydrogens is 236 g/mol. The van der Waals surface area contributed by atoms with Crippen LogP contribution < -0.4 is 5.32 Å². The second-order valence-corrected chi connectivity index (χ2v) is 6.45. The van der Waals surface area contributed by atoms with Crippen LogP contribution >= 0.6 is 0 Å². The fourth-order valence-corrected chi connectivity index (χ4v) is 2.72. The molecule has 19 heavy (non-hydrogen) atoms. The summed E-state index contributed by atoms with van der Waals surface area (Å²) in [6.45, 7) is 15.8. The number of hydrogen-bond acceptors (Lipinski definition) is 3. The summed E-state index contributed by atoms with van der Waals surface area (Å²) < 4.78 is 5.52. The summed E-state index contributed by atoms with van der Waals surface area (Å²) >= 11 is 0. The van der Waals surface area contributed by atoms with E-state index in [2.05, 4.69) is 37.9 Å². The number of ether oxygens (including phenoxy) is 1. The van der Waals surface area contributed by atoms with Gasteiger partial charge < -0.3 is 15.0 Å². The molecule has 0 radical (unpaired) electrons. The van der Waals surface area contributed by atoms with Crippen LogP contribution in [0, 0.1) is 11.8 Å². The second-order valence-electron chi connectivity index (χ2n) is 6.45. The highest BCUT2D eigenvalue weighted by atomic mass is 16.5. The summed E-state index contributed by atoms with van der Waals surface area (Å²) in [6.07, 6.45) is 4.26. The first-order chi connectivity index (χ1) is 9.09. The molecule has 1 N–H and O–H groups in total. The monoisotopic (exact) mass is 270 g/mol. The van der Waals surface area contributed by atoms with Crippen molar-refractivity contribution in [1.82, 2.24) is 10.2 Å². The topological polar surface area (TPSA) is 24.5 Å². The summed E-state index contributed by atoms with van der Waals surface area (Å²) in [7, 11) is 0. The van der Waals surface area contributed by atoms with Crippen LogP contribution in [0.1, 0.15) is 47.0 Å². The molecule has 0 unspecified atom stereocenters. The fourth-order valence-electron chi connectivity index (χ4n) is 2.72. The molecule has 0 bridgehead atoms. The maximum atomic E-state index is 5.52. The van der Waals surface area contributed by atoms with Crippen molar-refractivity contribution in [2.45, 2.75) is 53.1 Å². The van der Waals surface area contributed by atoms with Gasteiger partial charge in [-0.25, -0.2) is 0 Å². The fraction of sp³-hybridized carbons (Fsp3) is 1.00. The zero-order chi connectivity index (χ0) is 14.1. The molecule has 1 aliphatic rings. The number of nitrogens with zero attached hydrogens (tertiary/aromatic N) is 1. The van der Waals surface area contributed by atoms with Gasteiger partial charge in [0.25, 0.3) is 0 Å². The van der Waals surface area contributed by atoms with Crippen LogP contribution in [0.15, 0.2) is 0 Å². The summed E-state index contributed by atoms with van der Waals surface area (Å²) in [5.41, 5.74) is 0. The predicted molar refractivity (Wildman–Crippen MR) is 82.6 cm³/mol. The molecule has 3 heteroatoms. The third-order valence-corrected chi connectivity index (χ3v) is 4.13. The molecule has 1 rings (SSSR count). The minimum Gasteiger partial charge on any atom is -0.379 e. The van der Waals surface area contributed by atoms with E-state index >= 15 is 0 Å². The van der Waals surface area contributed by atoms with Crippen molar-refractivity contribution in [1.29, 1.82) is 0 Å². The number of piperidine rings is 1. The highest BCUT2D eigenvalue weighted by Gasteiger charge is 2.20. The Labute approximate surface area is 120 Å². The lowest BCUT2D eigenvalue weighted by atomic mass is 9.87. The molecule has 0 saturated carbocycles. The van der Waals surface area contributed by atoms with Gasteiger partial charge in [0, 0.05) is 19.7 Å². The van der Waals surface area contributed by atoms with Gasteiger partial charge in [0.15, 0.2) is 0 Å². The minimum atomic E-state index is 0.363. The van der Waals surface area contributed by atoms with Gasteiger partial charge in [-0.1, -0.05) is 13.8 Å². The molecule has 1 aliphatic heterocycles. The largest absolute Gasteiger partial charge is 0.379 e. The highest BCUT2D eigenvalue weighted by molar-refractivity contribution is 4.74. The van der Waals surface area contributed by atoms with Crippen molar-refractivity contribution in [3.8, 4) is 0 Å². The van der Waals surface area contributed by atoms with Crippen LogP contribution in [0.5, 0.6) is 0 Å². The molecule has 0 atom stereocenters. The third-order valence-electron chi connectivity index (χ3n) is 4.13. The molecule has 0 amide bonds. The summed E-state index contributed by atoms with van der Waals surface area (Å²) in [4.78, 5) is 2.61. The van der Waals surface area contributed by atoms with Crippen LogP contribution in [-0.4, -0.2) is 50.3 Å². The van der Waals surface area contributed by atoms with E-state index < -0.39 is 0 Å². The average Bonchev–Trinajstić information content (AvgIpc) is 2.38. The quantitative estimate of drug-likeness (QED) is 0.652. The first-order valence-electron chi connectivity index (χ1n) is 8.14. The maximum absolute atomic E-state index is 5.52. The third kappa shape index (κ3) is 7.91. The molecule has 0 aliphatic carbocycles. The Balaban J connectivity index is 1.91.